The first kappa shape index (κ1) is 18.6. The molecule has 7 heteroatoms. The van der Waals surface area contributed by atoms with Crippen molar-refractivity contribution in [1.82, 2.24) is 14.5 Å². The second kappa shape index (κ2) is 7.21. The van der Waals surface area contributed by atoms with Gasteiger partial charge >= 0.3 is 0 Å². The van der Waals surface area contributed by atoms with Gasteiger partial charge in [-0.1, -0.05) is 12.1 Å². The molecule has 6 rings (SSSR count). The van der Waals surface area contributed by atoms with E-state index in [2.05, 4.69) is 34.1 Å². The Hall–Kier alpha value is -3.16. The van der Waals surface area contributed by atoms with Gasteiger partial charge in [0.05, 0.1) is 28.8 Å². The van der Waals surface area contributed by atoms with E-state index in [1.54, 1.807) is 7.11 Å². The fourth-order valence-corrected chi connectivity index (χ4v) is 4.79. The highest BCUT2D eigenvalue weighted by Gasteiger charge is 2.53. The topological polar surface area (TPSA) is 78.4 Å². The number of hydrogen-bond acceptors (Lipinski definition) is 6. The molecule has 1 saturated heterocycles. The zero-order chi connectivity index (χ0) is 20.9. The minimum Gasteiger partial charge on any atom is -0.491 e. The predicted molar refractivity (Wildman–Crippen MR) is 121 cm³/mol. The Morgan fingerprint density at radius 3 is 2.77 bits per heavy atom. The van der Waals surface area contributed by atoms with Crippen molar-refractivity contribution in [2.24, 2.45) is 17.6 Å². The Kier molecular flexibility index (Phi) is 4.33. The van der Waals surface area contributed by atoms with E-state index in [-0.39, 0.29) is 0 Å². The summed E-state index contributed by atoms with van der Waals surface area (Å²) >= 11 is 0. The van der Waals surface area contributed by atoms with E-state index in [4.69, 9.17) is 20.2 Å². The van der Waals surface area contributed by atoms with Gasteiger partial charge < -0.3 is 20.1 Å². The van der Waals surface area contributed by atoms with E-state index >= 15 is 0 Å². The van der Waals surface area contributed by atoms with Gasteiger partial charge in [0.15, 0.2) is 0 Å². The van der Waals surface area contributed by atoms with Crippen LogP contribution in [-0.4, -0.2) is 54.0 Å². The summed E-state index contributed by atoms with van der Waals surface area (Å²) in [5.74, 6) is 2.92. The SMILES string of the molecule is COCCOc1ccc2c(c1)ncn2-c1ccc2cccc(N3CC4C(N)C4C3)c2n1. The number of rotatable bonds is 6. The quantitative estimate of drug-likeness (QED) is 0.488. The van der Waals surface area contributed by atoms with Crippen LogP contribution in [0.1, 0.15) is 0 Å². The van der Waals surface area contributed by atoms with Crippen molar-refractivity contribution in [1.29, 1.82) is 0 Å². The third kappa shape index (κ3) is 3.12. The first-order valence-electron chi connectivity index (χ1n) is 10.7. The number of para-hydroxylation sites is 1. The monoisotopic (exact) mass is 415 g/mol. The van der Waals surface area contributed by atoms with Crippen LogP contribution in [0.4, 0.5) is 5.69 Å². The van der Waals surface area contributed by atoms with Crippen molar-refractivity contribution in [3.8, 4) is 11.6 Å². The molecule has 0 amide bonds. The molecular formula is C24H25N5O2. The molecule has 0 bridgehead atoms. The molecule has 1 aliphatic heterocycles. The first-order chi connectivity index (χ1) is 15.2. The third-order valence-electron chi connectivity index (χ3n) is 6.61. The molecule has 2 aromatic heterocycles. The van der Waals surface area contributed by atoms with Crippen molar-refractivity contribution in [3.63, 3.8) is 0 Å². The number of nitrogens with zero attached hydrogens (tertiary/aromatic N) is 4. The van der Waals surface area contributed by atoms with Crippen LogP contribution in [0.3, 0.4) is 0 Å². The Balaban J connectivity index is 1.35. The van der Waals surface area contributed by atoms with E-state index in [0.717, 1.165) is 46.6 Å². The van der Waals surface area contributed by atoms with Crippen LogP contribution in [0, 0.1) is 11.8 Å². The lowest BCUT2D eigenvalue weighted by Crippen LogP contribution is -2.28. The number of methoxy groups -OCH3 is 1. The maximum Gasteiger partial charge on any atom is 0.139 e. The molecule has 1 saturated carbocycles. The van der Waals surface area contributed by atoms with Crippen LogP contribution in [0.15, 0.2) is 54.9 Å². The Labute approximate surface area is 180 Å². The van der Waals surface area contributed by atoms with Crippen molar-refractivity contribution >= 4 is 27.6 Å². The summed E-state index contributed by atoms with van der Waals surface area (Å²) in [5, 5.41) is 1.14. The van der Waals surface area contributed by atoms with Crippen LogP contribution < -0.4 is 15.4 Å². The summed E-state index contributed by atoms with van der Waals surface area (Å²) in [6.07, 6.45) is 1.82. The molecule has 0 radical (unpaired) electrons. The zero-order valence-corrected chi connectivity index (χ0v) is 17.4. The molecule has 1 aliphatic carbocycles. The number of hydrogen-bond donors (Lipinski definition) is 1. The van der Waals surface area contributed by atoms with Crippen LogP contribution in [0.5, 0.6) is 5.75 Å². The molecule has 31 heavy (non-hydrogen) atoms. The maximum absolute atomic E-state index is 6.14. The standard InChI is InChI=1S/C24H25N5O2/c1-30-9-10-31-16-6-7-20-19(11-16)26-14-29(20)22-8-5-15-3-2-4-21(24(15)27-22)28-12-17-18(13-28)23(17)25/h2-8,11,14,17-18,23H,9-10,12-13,25H2,1H3. The fourth-order valence-electron chi connectivity index (χ4n) is 4.79. The van der Waals surface area contributed by atoms with Crippen molar-refractivity contribution in [2.45, 2.75) is 6.04 Å². The van der Waals surface area contributed by atoms with E-state index in [9.17, 15) is 0 Å². The summed E-state index contributed by atoms with van der Waals surface area (Å²) < 4.78 is 12.8. The molecule has 3 heterocycles. The molecule has 4 aromatic rings. The van der Waals surface area contributed by atoms with E-state index in [1.165, 1.54) is 5.69 Å². The number of ether oxygens (including phenoxy) is 2. The average molecular weight is 415 g/mol. The lowest BCUT2D eigenvalue weighted by Gasteiger charge is -2.22. The smallest absolute Gasteiger partial charge is 0.139 e. The van der Waals surface area contributed by atoms with Crippen molar-refractivity contribution < 1.29 is 9.47 Å². The number of nitrogens with two attached hydrogens (primary N) is 1. The number of pyridine rings is 1. The van der Waals surface area contributed by atoms with E-state index in [0.29, 0.717) is 31.1 Å². The minimum atomic E-state index is 0.385. The lowest BCUT2D eigenvalue weighted by atomic mass is 10.1. The average Bonchev–Trinajstić information content (AvgIpc) is 3.18. The van der Waals surface area contributed by atoms with E-state index in [1.807, 2.05) is 35.2 Å². The Bertz CT molecular complexity index is 1260. The molecule has 7 nitrogen and oxygen atoms in total. The van der Waals surface area contributed by atoms with Crippen molar-refractivity contribution in [3.05, 3.63) is 54.9 Å². The van der Waals surface area contributed by atoms with Crippen LogP contribution in [0.25, 0.3) is 27.8 Å². The van der Waals surface area contributed by atoms with E-state index < -0.39 is 0 Å². The molecular weight excluding hydrogens is 390 g/mol. The molecule has 2 atom stereocenters. The van der Waals surface area contributed by atoms with Crippen LogP contribution in [0.2, 0.25) is 0 Å². The van der Waals surface area contributed by atoms with Crippen LogP contribution >= 0.6 is 0 Å². The van der Waals surface area contributed by atoms with Gasteiger partial charge in [-0.2, -0.15) is 0 Å². The minimum absolute atomic E-state index is 0.385. The molecule has 2 N–H and O–H groups in total. The largest absolute Gasteiger partial charge is 0.491 e. The fraction of sp³-hybridized carbons (Fsp3) is 0.333. The summed E-state index contributed by atoms with van der Waals surface area (Å²) in [6.45, 7) is 3.12. The highest BCUT2D eigenvalue weighted by atomic mass is 16.5. The highest BCUT2D eigenvalue weighted by Crippen LogP contribution is 2.46. The number of benzene rings is 2. The molecule has 2 aliphatic rings. The first-order valence-corrected chi connectivity index (χ1v) is 10.7. The molecule has 2 fully saturated rings. The van der Waals surface area contributed by atoms with Gasteiger partial charge in [-0.3, -0.25) is 4.57 Å². The Morgan fingerprint density at radius 1 is 1.06 bits per heavy atom. The van der Waals surface area contributed by atoms with Gasteiger partial charge in [-0.15, -0.1) is 0 Å². The van der Waals surface area contributed by atoms with Gasteiger partial charge in [0.25, 0.3) is 0 Å². The number of fused-ring (bicyclic) bond motifs is 3. The maximum atomic E-state index is 6.14. The predicted octanol–water partition coefficient (Wildman–Crippen LogP) is 2.99. The lowest BCUT2D eigenvalue weighted by molar-refractivity contribution is 0.146. The van der Waals surface area contributed by atoms with Gasteiger partial charge in [0, 0.05) is 37.7 Å². The van der Waals surface area contributed by atoms with Gasteiger partial charge in [-0.05, 0) is 42.2 Å². The number of anilines is 1. The summed E-state index contributed by atoms with van der Waals surface area (Å²) in [4.78, 5) is 12.1. The number of aromatic nitrogens is 3. The normalized spacial score (nSPS) is 22.3. The summed E-state index contributed by atoms with van der Waals surface area (Å²) in [5.41, 5.74) is 10.2. The number of imidazole rings is 1. The molecule has 158 valence electrons. The van der Waals surface area contributed by atoms with Gasteiger partial charge in [0.1, 0.15) is 24.5 Å². The highest BCUT2D eigenvalue weighted by molar-refractivity contribution is 5.92. The third-order valence-corrected chi connectivity index (χ3v) is 6.61. The molecule has 2 unspecified atom stereocenters. The Morgan fingerprint density at radius 2 is 1.94 bits per heavy atom. The summed E-state index contributed by atoms with van der Waals surface area (Å²) in [7, 11) is 1.66. The molecule has 0 spiro atoms. The number of piperidine rings is 1. The van der Waals surface area contributed by atoms with Crippen molar-refractivity contribution in [2.75, 3.05) is 38.3 Å². The van der Waals surface area contributed by atoms with Crippen LogP contribution in [-0.2, 0) is 4.74 Å². The second-order valence-corrected chi connectivity index (χ2v) is 8.43. The zero-order valence-electron chi connectivity index (χ0n) is 17.4. The van der Waals surface area contributed by atoms with Gasteiger partial charge in [-0.25, -0.2) is 9.97 Å². The summed E-state index contributed by atoms with van der Waals surface area (Å²) in [6, 6.07) is 16.9. The second-order valence-electron chi connectivity index (χ2n) is 8.43. The molecule has 2 aromatic carbocycles. The van der Waals surface area contributed by atoms with Gasteiger partial charge in [0.2, 0.25) is 0 Å².